The van der Waals surface area contributed by atoms with Gasteiger partial charge in [-0.2, -0.15) is 8.75 Å². The fourth-order valence-corrected chi connectivity index (χ4v) is 2.88. The number of amides is 1. The summed E-state index contributed by atoms with van der Waals surface area (Å²) < 4.78 is 8.04. The molecule has 1 amide bonds. The molecule has 1 aromatic carbocycles. The lowest BCUT2D eigenvalue weighted by molar-refractivity contribution is 0.0942. The number of carbonyl (C=O) groups excluding carboxylic acids is 1. The summed E-state index contributed by atoms with van der Waals surface area (Å²) in [7, 11) is 0. The Morgan fingerprint density at radius 3 is 3.00 bits per heavy atom. The number of aliphatic hydroxyl groups excluding tert-OH is 1. The summed E-state index contributed by atoms with van der Waals surface area (Å²) in [5.41, 5.74) is 2.19. The van der Waals surface area contributed by atoms with Crippen LogP contribution in [0.25, 0.3) is 11.2 Å². The van der Waals surface area contributed by atoms with Gasteiger partial charge in [0, 0.05) is 17.8 Å². The van der Waals surface area contributed by atoms with Crippen LogP contribution in [0, 0.1) is 0 Å². The van der Waals surface area contributed by atoms with Gasteiger partial charge < -0.3 is 10.4 Å². The molecule has 0 saturated heterocycles. The third-order valence-corrected chi connectivity index (χ3v) is 4.22. The molecule has 1 atom stereocenters. The summed E-state index contributed by atoms with van der Waals surface area (Å²) in [6.07, 6.45) is 1.10. The first kappa shape index (κ1) is 15.8. The van der Waals surface area contributed by atoms with Crippen molar-refractivity contribution in [2.45, 2.75) is 12.5 Å². The molecule has 2 aromatic heterocycles. The van der Waals surface area contributed by atoms with Crippen molar-refractivity contribution in [2.75, 3.05) is 6.54 Å². The van der Waals surface area contributed by atoms with Crippen molar-refractivity contribution >= 4 is 40.4 Å². The van der Waals surface area contributed by atoms with Gasteiger partial charge >= 0.3 is 0 Å². The molecule has 0 aliphatic heterocycles. The molecule has 23 heavy (non-hydrogen) atoms. The zero-order valence-corrected chi connectivity index (χ0v) is 13.5. The van der Waals surface area contributed by atoms with Crippen LogP contribution in [0.4, 0.5) is 0 Å². The van der Waals surface area contributed by atoms with Crippen LogP contribution in [-0.2, 0) is 0 Å². The van der Waals surface area contributed by atoms with E-state index < -0.39 is 6.10 Å². The molecule has 118 valence electrons. The van der Waals surface area contributed by atoms with Gasteiger partial charge in [0.2, 0.25) is 0 Å². The maximum Gasteiger partial charge on any atom is 0.252 e. The first-order valence-corrected chi connectivity index (χ1v) is 8.05. The van der Waals surface area contributed by atoms with Crippen molar-refractivity contribution in [3.8, 4) is 0 Å². The van der Waals surface area contributed by atoms with E-state index >= 15 is 0 Å². The number of benzene rings is 1. The molecule has 6 nitrogen and oxygen atoms in total. The van der Waals surface area contributed by atoms with Crippen LogP contribution in [-0.4, -0.2) is 31.3 Å². The van der Waals surface area contributed by atoms with Crippen molar-refractivity contribution in [3.05, 3.63) is 52.7 Å². The standard InChI is InChI=1S/C15H13ClN4O2S/c16-11-4-2-1-3-10(11)13(21)5-6-17-15(22)9-7-12-14(18-8-9)20-23-19-12/h1-4,7-8,13,21H,5-6H2,(H,17,22). The molecule has 2 heterocycles. The van der Waals surface area contributed by atoms with Crippen molar-refractivity contribution in [1.29, 1.82) is 0 Å². The number of hydrogen-bond acceptors (Lipinski definition) is 6. The minimum atomic E-state index is -0.729. The fourth-order valence-electron chi connectivity index (χ4n) is 2.14. The average molecular weight is 349 g/mol. The van der Waals surface area contributed by atoms with Crippen LogP contribution in [0.1, 0.15) is 28.4 Å². The van der Waals surface area contributed by atoms with Crippen LogP contribution >= 0.6 is 23.3 Å². The largest absolute Gasteiger partial charge is 0.388 e. The summed E-state index contributed by atoms with van der Waals surface area (Å²) >= 11 is 7.09. The number of fused-ring (bicyclic) bond motifs is 1. The molecule has 0 aliphatic carbocycles. The number of carbonyl (C=O) groups is 1. The molecule has 0 aliphatic rings. The summed E-state index contributed by atoms with van der Waals surface area (Å²) in [6, 6.07) is 8.75. The van der Waals surface area contributed by atoms with Gasteiger partial charge in [-0.05, 0) is 24.1 Å². The highest BCUT2D eigenvalue weighted by Crippen LogP contribution is 2.24. The highest BCUT2D eigenvalue weighted by molar-refractivity contribution is 7.00. The quantitative estimate of drug-likeness (QED) is 0.740. The molecule has 8 heteroatoms. The second-order valence-corrected chi connectivity index (χ2v) is 5.85. The van der Waals surface area contributed by atoms with Crippen molar-refractivity contribution in [1.82, 2.24) is 19.0 Å². The van der Waals surface area contributed by atoms with Crippen LogP contribution in [0.3, 0.4) is 0 Å². The van der Waals surface area contributed by atoms with E-state index in [0.717, 1.165) is 11.7 Å². The molecule has 1 unspecified atom stereocenters. The van der Waals surface area contributed by atoms with E-state index in [9.17, 15) is 9.90 Å². The topological polar surface area (TPSA) is 88.0 Å². The summed E-state index contributed by atoms with van der Waals surface area (Å²) in [5.74, 6) is -0.265. The lowest BCUT2D eigenvalue weighted by Crippen LogP contribution is -2.25. The lowest BCUT2D eigenvalue weighted by atomic mass is 10.1. The number of nitrogens with zero attached hydrogens (tertiary/aromatic N) is 3. The highest BCUT2D eigenvalue weighted by Gasteiger charge is 2.13. The summed E-state index contributed by atoms with van der Waals surface area (Å²) in [5, 5.41) is 13.4. The monoisotopic (exact) mass is 348 g/mol. The minimum Gasteiger partial charge on any atom is -0.388 e. The summed E-state index contributed by atoms with van der Waals surface area (Å²) in [4.78, 5) is 16.2. The van der Waals surface area contributed by atoms with E-state index in [-0.39, 0.29) is 5.91 Å². The van der Waals surface area contributed by atoms with E-state index in [2.05, 4.69) is 19.0 Å². The number of rotatable bonds is 5. The number of halogens is 1. The highest BCUT2D eigenvalue weighted by atomic mass is 35.5. The molecular weight excluding hydrogens is 336 g/mol. The van der Waals surface area contributed by atoms with Gasteiger partial charge in [0.15, 0.2) is 5.65 Å². The van der Waals surface area contributed by atoms with E-state index in [4.69, 9.17) is 11.6 Å². The predicted octanol–water partition coefficient (Wildman–Crippen LogP) is 2.59. The molecule has 0 fully saturated rings. The fraction of sp³-hybridized carbons (Fsp3) is 0.200. The number of pyridine rings is 1. The molecule has 3 aromatic rings. The Bertz CT molecular complexity index is 839. The zero-order chi connectivity index (χ0) is 16.2. The second-order valence-electron chi connectivity index (χ2n) is 4.91. The number of aromatic nitrogens is 3. The maximum absolute atomic E-state index is 12.1. The van der Waals surface area contributed by atoms with Crippen molar-refractivity contribution in [2.24, 2.45) is 0 Å². The Hall–Kier alpha value is -2.09. The molecular formula is C15H13ClN4O2S. The number of nitrogens with one attached hydrogen (secondary N) is 1. The zero-order valence-electron chi connectivity index (χ0n) is 11.9. The van der Waals surface area contributed by atoms with Gasteiger partial charge in [-0.3, -0.25) is 4.79 Å². The van der Waals surface area contributed by atoms with Crippen LogP contribution < -0.4 is 5.32 Å². The summed E-state index contributed by atoms with van der Waals surface area (Å²) in [6.45, 7) is 0.318. The number of aliphatic hydroxyl groups is 1. The smallest absolute Gasteiger partial charge is 0.252 e. The van der Waals surface area contributed by atoms with Crippen LogP contribution in [0.2, 0.25) is 5.02 Å². The molecule has 0 saturated carbocycles. The third-order valence-electron chi connectivity index (χ3n) is 3.34. The SMILES string of the molecule is O=C(NCCC(O)c1ccccc1Cl)c1cnc2nsnc2c1. The molecule has 0 radical (unpaired) electrons. The first-order valence-electron chi connectivity index (χ1n) is 6.94. The van der Waals surface area contributed by atoms with Gasteiger partial charge in [-0.25, -0.2) is 4.98 Å². The van der Waals surface area contributed by atoms with Gasteiger partial charge in [0.05, 0.1) is 23.4 Å². The molecule has 0 bridgehead atoms. The van der Waals surface area contributed by atoms with E-state index in [1.807, 2.05) is 6.07 Å². The second kappa shape index (κ2) is 6.99. The van der Waals surface area contributed by atoms with Gasteiger partial charge in [0.1, 0.15) is 5.52 Å². The molecule has 2 N–H and O–H groups in total. The van der Waals surface area contributed by atoms with Crippen LogP contribution in [0.5, 0.6) is 0 Å². The Morgan fingerprint density at radius 2 is 2.17 bits per heavy atom. The van der Waals surface area contributed by atoms with E-state index in [1.165, 1.54) is 6.20 Å². The Morgan fingerprint density at radius 1 is 1.35 bits per heavy atom. The average Bonchev–Trinajstić information content (AvgIpc) is 3.02. The number of hydrogen-bond donors (Lipinski definition) is 2. The van der Waals surface area contributed by atoms with Crippen molar-refractivity contribution < 1.29 is 9.90 Å². The lowest BCUT2D eigenvalue weighted by Gasteiger charge is -2.13. The predicted molar refractivity (Wildman–Crippen MR) is 88.6 cm³/mol. The van der Waals surface area contributed by atoms with Gasteiger partial charge in [-0.1, -0.05) is 29.8 Å². The molecule has 0 spiro atoms. The van der Waals surface area contributed by atoms with Gasteiger partial charge in [0.25, 0.3) is 5.91 Å². The van der Waals surface area contributed by atoms with Gasteiger partial charge in [-0.15, -0.1) is 0 Å². The first-order chi connectivity index (χ1) is 11.1. The maximum atomic E-state index is 12.1. The normalized spacial score (nSPS) is 12.3. The third kappa shape index (κ3) is 3.64. The minimum absolute atomic E-state index is 0.265. The van der Waals surface area contributed by atoms with E-state index in [0.29, 0.717) is 40.3 Å². The van der Waals surface area contributed by atoms with Crippen LogP contribution in [0.15, 0.2) is 36.5 Å². The van der Waals surface area contributed by atoms with Crippen molar-refractivity contribution in [3.63, 3.8) is 0 Å². The Balaban J connectivity index is 1.57. The van der Waals surface area contributed by atoms with E-state index in [1.54, 1.807) is 24.3 Å². The molecule has 3 rings (SSSR count). The Kier molecular flexibility index (Phi) is 4.80. The Labute approximate surface area is 141 Å².